The molecular formula is C12H25N3S. The molecule has 2 aliphatic rings. The van der Waals surface area contributed by atoms with Crippen LogP contribution in [0.15, 0.2) is 0 Å². The molecule has 0 amide bonds. The summed E-state index contributed by atoms with van der Waals surface area (Å²) in [5, 5.41) is 3.46. The fourth-order valence-electron chi connectivity index (χ4n) is 3.16. The van der Waals surface area contributed by atoms with Crippen molar-refractivity contribution in [1.29, 1.82) is 0 Å². The summed E-state index contributed by atoms with van der Waals surface area (Å²) in [6.07, 6.45) is 9.18. The van der Waals surface area contributed by atoms with E-state index < -0.39 is 0 Å². The van der Waals surface area contributed by atoms with E-state index in [-0.39, 0.29) is 0 Å². The highest BCUT2D eigenvalue weighted by Gasteiger charge is 2.37. The zero-order valence-corrected chi connectivity index (χ0v) is 11.2. The third kappa shape index (κ3) is 2.92. The molecule has 1 saturated heterocycles. The van der Waals surface area contributed by atoms with Gasteiger partial charge in [0.2, 0.25) is 0 Å². The summed E-state index contributed by atoms with van der Waals surface area (Å²) >= 11 is 1.77. The van der Waals surface area contributed by atoms with Crippen molar-refractivity contribution in [1.82, 2.24) is 14.9 Å². The molecule has 0 atom stereocenters. The van der Waals surface area contributed by atoms with Gasteiger partial charge in [-0.05, 0) is 19.1 Å². The Labute approximate surface area is 104 Å². The van der Waals surface area contributed by atoms with Gasteiger partial charge < -0.3 is 5.32 Å². The van der Waals surface area contributed by atoms with E-state index in [2.05, 4.69) is 21.2 Å². The molecule has 0 aromatic rings. The molecule has 3 nitrogen and oxygen atoms in total. The maximum atomic E-state index is 3.51. The smallest absolute Gasteiger partial charge is 0.0344 e. The van der Waals surface area contributed by atoms with Crippen molar-refractivity contribution in [2.45, 2.75) is 37.6 Å². The van der Waals surface area contributed by atoms with Crippen LogP contribution in [0.25, 0.3) is 0 Å². The highest BCUT2D eigenvalue weighted by molar-refractivity contribution is 7.96. The van der Waals surface area contributed by atoms with Gasteiger partial charge in [-0.3, -0.25) is 9.62 Å². The third-order valence-electron chi connectivity index (χ3n) is 4.12. The molecule has 94 valence electrons. The number of piperazine rings is 1. The minimum Gasteiger partial charge on any atom is -0.314 e. The zero-order valence-electron chi connectivity index (χ0n) is 10.4. The van der Waals surface area contributed by atoms with Crippen LogP contribution >= 0.6 is 11.9 Å². The highest BCUT2D eigenvalue weighted by Crippen LogP contribution is 2.33. The Morgan fingerprint density at radius 1 is 1.19 bits per heavy atom. The molecule has 2 rings (SSSR count). The maximum Gasteiger partial charge on any atom is 0.0344 e. The van der Waals surface area contributed by atoms with Gasteiger partial charge in [-0.25, -0.2) is 0 Å². The number of nitrogens with one attached hydrogen (secondary N) is 2. The van der Waals surface area contributed by atoms with E-state index in [1.165, 1.54) is 58.3 Å². The Kier molecular flexibility index (Phi) is 4.95. The van der Waals surface area contributed by atoms with E-state index in [1.54, 1.807) is 11.9 Å². The van der Waals surface area contributed by atoms with Crippen molar-refractivity contribution in [2.75, 3.05) is 39.0 Å². The van der Waals surface area contributed by atoms with Gasteiger partial charge in [0.05, 0.1) is 0 Å². The van der Waals surface area contributed by atoms with Crippen LogP contribution in [0.2, 0.25) is 0 Å². The second kappa shape index (κ2) is 6.24. The summed E-state index contributed by atoms with van der Waals surface area (Å²) in [5.41, 5.74) is 0.462. The van der Waals surface area contributed by atoms with E-state index in [0.717, 1.165) is 6.54 Å². The van der Waals surface area contributed by atoms with Gasteiger partial charge in [-0.2, -0.15) is 0 Å². The van der Waals surface area contributed by atoms with Crippen LogP contribution < -0.4 is 10.0 Å². The number of nitrogens with zero attached hydrogens (tertiary/aromatic N) is 1. The average molecular weight is 243 g/mol. The zero-order chi connectivity index (χ0) is 11.3. The van der Waals surface area contributed by atoms with E-state index >= 15 is 0 Å². The molecule has 2 fully saturated rings. The molecule has 16 heavy (non-hydrogen) atoms. The monoisotopic (exact) mass is 243 g/mol. The third-order valence-corrected chi connectivity index (χ3v) is 4.55. The second-order valence-electron chi connectivity index (χ2n) is 5.05. The van der Waals surface area contributed by atoms with Gasteiger partial charge in [-0.15, -0.1) is 0 Å². The van der Waals surface area contributed by atoms with Crippen LogP contribution in [0.4, 0.5) is 0 Å². The Bertz CT molecular complexity index is 198. The van der Waals surface area contributed by atoms with Gasteiger partial charge in [0, 0.05) is 38.3 Å². The summed E-state index contributed by atoms with van der Waals surface area (Å²) in [6.45, 7) is 5.96. The van der Waals surface area contributed by atoms with Gasteiger partial charge >= 0.3 is 0 Å². The summed E-state index contributed by atoms with van der Waals surface area (Å²) in [6, 6.07) is 0. The van der Waals surface area contributed by atoms with Crippen LogP contribution in [-0.4, -0.2) is 49.4 Å². The second-order valence-corrected chi connectivity index (χ2v) is 5.74. The van der Waals surface area contributed by atoms with Crippen molar-refractivity contribution in [3.8, 4) is 0 Å². The summed E-state index contributed by atoms with van der Waals surface area (Å²) in [5.74, 6) is 0. The largest absolute Gasteiger partial charge is 0.314 e. The molecule has 0 spiro atoms. The molecule has 0 aromatic heterocycles. The van der Waals surface area contributed by atoms with Crippen LogP contribution in [0.3, 0.4) is 0 Å². The van der Waals surface area contributed by atoms with E-state index in [9.17, 15) is 0 Å². The molecule has 0 radical (unpaired) electrons. The SMILES string of the molecule is CSNCC1(N2CCNCC2)CCCCC1. The van der Waals surface area contributed by atoms with Crippen molar-refractivity contribution < 1.29 is 0 Å². The van der Waals surface area contributed by atoms with Crippen LogP contribution in [0, 0.1) is 0 Å². The lowest BCUT2D eigenvalue weighted by Gasteiger charge is -2.48. The van der Waals surface area contributed by atoms with Gasteiger partial charge in [-0.1, -0.05) is 31.2 Å². The van der Waals surface area contributed by atoms with Crippen LogP contribution in [-0.2, 0) is 0 Å². The molecule has 0 bridgehead atoms. The molecule has 0 unspecified atom stereocenters. The topological polar surface area (TPSA) is 27.3 Å². The Morgan fingerprint density at radius 2 is 1.88 bits per heavy atom. The van der Waals surface area contributed by atoms with E-state index in [1.807, 2.05) is 0 Å². The lowest BCUT2D eigenvalue weighted by atomic mass is 9.80. The molecule has 1 aliphatic heterocycles. The minimum atomic E-state index is 0.462. The molecule has 2 N–H and O–H groups in total. The Morgan fingerprint density at radius 3 is 2.50 bits per heavy atom. The predicted octanol–water partition coefficient (Wildman–Crippen LogP) is 1.46. The van der Waals surface area contributed by atoms with Crippen LogP contribution in [0.5, 0.6) is 0 Å². The molecule has 1 saturated carbocycles. The van der Waals surface area contributed by atoms with Gasteiger partial charge in [0.1, 0.15) is 0 Å². The van der Waals surface area contributed by atoms with Crippen molar-refractivity contribution in [3.05, 3.63) is 0 Å². The number of hydrogen-bond acceptors (Lipinski definition) is 4. The fraction of sp³-hybridized carbons (Fsp3) is 1.00. The lowest BCUT2D eigenvalue weighted by Crippen LogP contribution is -2.60. The first kappa shape index (κ1) is 12.7. The van der Waals surface area contributed by atoms with Gasteiger partial charge in [0.15, 0.2) is 0 Å². The normalized spacial score (nSPS) is 26.8. The standard InChI is InChI=1S/C12H25N3S/c1-16-14-11-12(5-3-2-4-6-12)15-9-7-13-8-10-15/h13-14H,2-11H2,1H3. The van der Waals surface area contributed by atoms with Crippen molar-refractivity contribution in [3.63, 3.8) is 0 Å². The number of hydrogen-bond donors (Lipinski definition) is 2. The quantitative estimate of drug-likeness (QED) is 0.731. The fourth-order valence-corrected chi connectivity index (χ4v) is 3.57. The van der Waals surface area contributed by atoms with E-state index in [0.29, 0.717) is 5.54 Å². The molecular weight excluding hydrogens is 218 g/mol. The summed E-state index contributed by atoms with van der Waals surface area (Å²) in [7, 11) is 0. The minimum absolute atomic E-state index is 0.462. The van der Waals surface area contributed by atoms with E-state index in [4.69, 9.17) is 0 Å². The first-order valence-electron chi connectivity index (χ1n) is 6.59. The summed E-state index contributed by atoms with van der Waals surface area (Å²) < 4.78 is 3.51. The first-order chi connectivity index (χ1) is 7.87. The predicted molar refractivity (Wildman–Crippen MR) is 71.8 cm³/mol. The molecule has 4 heteroatoms. The maximum absolute atomic E-state index is 3.51. The molecule has 1 aliphatic carbocycles. The lowest BCUT2D eigenvalue weighted by molar-refractivity contribution is 0.0439. The molecule has 0 aromatic carbocycles. The average Bonchev–Trinajstić information content (AvgIpc) is 2.38. The number of rotatable bonds is 4. The van der Waals surface area contributed by atoms with Crippen molar-refractivity contribution >= 4 is 11.9 Å². The Balaban J connectivity index is 1.99. The van der Waals surface area contributed by atoms with Crippen molar-refractivity contribution in [2.24, 2.45) is 0 Å². The van der Waals surface area contributed by atoms with Gasteiger partial charge in [0.25, 0.3) is 0 Å². The van der Waals surface area contributed by atoms with Crippen LogP contribution in [0.1, 0.15) is 32.1 Å². The summed E-state index contributed by atoms with van der Waals surface area (Å²) in [4.78, 5) is 2.74. The first-order valence-corrected chi connectivity index (χ1v) is 7.81. The highest BCUT2D eigenvalue weighted by atomic mass is 32.2. The Hall–Kier alpha value is 0.230. The molecule has 1 heterocycles.